The van der Waals surface area contributed by atoms with Gasteiger partial charge in [0.05, 0.1) is 6.54 Å². The van der Waals surface area contributed by atoms with E-state index in [4.69, 9.17) is 16.1 Å². The van der Waals surface area contributed by atoms with Gasteiger partial charge in [-0.25, -0.2) is 8.78 Å². The van der Waals surface area contributed by atoms with E-state index in [0.717, 1.165) is 18.4 Å². The lowest BCUT2D eigenvalue weighted by atomic mass is 10.1. The molecule has 0 spiro atoms. The predicted octanol–water partition coefficient (Wildman–Crippen LogP) is 2.83. The first-order valence-electron chi connectivity index (χ1n) is 9.59. The van der Waals surface area contributed by atoms with E-state index in [1.165, 1.54) is 0 Å². The molecule has 1 aliphatic rings. The number of hydrogen-bond donors (Lipinski definition) is 2. The number of likely N-dealkylation sites (tertiary alicyclic amines) is 1. The summed E-state index contributed by atoms with van der Waals surface area (Å²) < 4.78 is 30.2. The number of alkyl halides is 2. The summed E-state index contributed by atoms with van der Waals surface area (Å²) >= 11 is 5.99. The van der Waals surface area contributed by atoms with E-state index in [0.29, 0.717) is 48.8 Å². The number of guanidine groups is 1. The summed E-state index contributed by atoms with van der Waals surface area (Å²) in [5, 5.41) is 11.2. The summed E-state index contributed by atoms with van der Waals surface area (Å²) in [6.45, 7) is 1.74. The number of hydrogen-bond acceptors (Lipinski definition) is 5. The van der Waals surface area contributed by atoms with Crippen molar-refractivity contribution in [2.45, 2.75) is 31.7 Å². The minimum absolute atomic E-state index is 0.152. The van der Waals surface area contributed by atoms with Gasteiger partial charge in [-0.1, -0.05) is 28.9 Å². The van der Waals surface area contributed by atoms with Gasteiger partial charge in [0.2, 0.25) is 11.7 Å². The van der Waals surface area contributed by atoms with Crippen LogP contribution in [0, 0.1) is 0 Å². The molecule has 0 atom stereocenters. The second kappa shape index (κ2) is 10.5. The number of rotatable bonds is 7. The van der Waals surface area contributed by atoms with Crippen molar-refractivity contribution in [1.82, 2.24) is 25.7 Å². The first-order valence-corrected chi connectivity index (χ1v) is 9.97. The molecule has 2 aromatic rings. The normalized spacial score (nSPS) is 16.4. The Morgan fingerprint density at radius 3 is 2.86 bits per heavy atom. The van der Waals surface area contributed by atoms with Crippen LogP contribution in [-0.2, 0) is 6.42 Å². The molecule has 29 heavy (non-hydrogen) atoms. The number of aromatic nitrogens is 2. The molecule has 0 saturated carbocycles. The Morgan fingerprint density at radius 1 is 1.38 bits per heavy atom. The molecule has 1 aliphatic heterocycles. The Hall–Kier alpha value is -2.26. The third-order valence-electron chi connectivity index (χ3n) is 4.73. The van der Waals surface area contributed by atoms with E-state index >= 15 is 0 Å². The number of nitrogens with zero attached hydrogens (tertiary/aromatic N) is 4. The SMILES string of the molecule is CN=C(NCCc1nc(-c2cccc(Cl)c2)no1)NC1CCN(CC(F)F)CC1. The molecule has 1 saturated heterocycles. The van der Waals surface area contributed by atoms with Crippen molar-refractivity contribution in [2.24, 2.45) is 4.99 Å². The maximum absolute atomic E-state index is 12.5. The van der Waals surface area contributed by atoms with E-state index in [1.807, 2.05) is 12.1 Å². The molecule has 2 N–H and O–H groups in total. The zero-order chi connectivity index (χ0) is 20.6. The lowest BCUT2D eigenvalue weighted by Gasteiger charge is -2.32. The molecular formula is C19H25ClF2N6O. The van der Waals surface area contributed by atoms with Crippen molar-refractivity contribution < 1.29 is 13.3 Å². The summed E-state index contributed by atoms with van der Waals surface area (Å²) in [6.07, 6.45) is -0.126. The van der Waals surface area contributed by atoms with Crippen LogP contribution in [0.5, 0.6) is 0 Å². The molecule has 0 bridgehead atoms. The van der Waals surface area contributed by atoms with Crippen molar-refractivity contribution in [3.63, 3.8) is 0 Å². The molecule has 0 unspecified atom stereocenters. The quantitative estimate of drug-likeness (QED) is 0.523. The molecule has 1 fully saturated rings. The summed E-state index contributed by atoms with van der Waals surface area (Å²) in [4.78, 5) is 10.4. The third-order valence-corrected chi connectivity index (χ3v) is 4.97. The van der Waals surface area contributed by atoms with Gasteiger partial charge >= 0.3 is 0 Å². The van der Waals surface area contributed by atoms with Crippen molar-refractivity contribution in [3.05, 3.63) is 35.2 Å². The van der Waals surface area contributed by atoms with Gasteiger partial charge in [0.25, 0.3) is 6.43 Å². The van der Waals surface area contributed by atoms with E-state index in [9.17, 15) is 8.78 Å². The van der Waals surface area contributed by atoms with Crippen molar-refractivity contribution >= 4 is 17.6 Å². The average Bonchev–Trinajstić information content (AvgIpc) is 3.17. The summed E-state index contributed by atoms with van der Waals surface area (Å²) in [6, 6.07) is 7.50. The standard InChI is InChI=1S/C19H25ClF2N6O/c1-23-19(25-15-6-9-28(10-7-15)12-16(21)22)24-8-5-17-26-18(27-29-17)13-3-2-4-14(20)11-13/h2-4,11,15-16H,5-10,12H2,1H3,(H2,23,24,25). The maximum atomic E-state index is 12.5. The minimum Gasteiger partial charge on any atom is -0.356 e. The molecule has 2 heterocycles. The van der Waals surface area contributed by atoms with Crippen LogP contribution in [-0.4, -0.2) is 66.7 Å². The largest absolute Gasteiger partial charge is 0.356 e. The lowest BCUT2D eigenvalue weighted by Crippen LogP contribution is -2.49. The Bertz CT molecular complexity index is 808. The Balaban J connectivity index is 1.42. The second-order valence-electron chi connectivity index (χ2n) is 6.88. The van der Waals surface area contributed by atoms with Crippen molar-refractivity contribution in [1.29, 1.82) is 0 Å². The monoisotopic (exact) mass is 426 g/mol. The highest BCUT2D eigenvalue weighted by atomic mass is 35.5. The van der Waals surface area contributed by atoms with Crippen LogP contribution in [0.3, 0.4) is 0 Å². The van der Waals surface area contributed by atoms with Gasteiger partial charge in [-0.3, -0.25) is 9.89 Å². The summed E-state index contributed by atoms with van der Waals surface area (Å²) in [5.74, 6) is 1.69. The highest BCUT2D eigenvalue weighted by Crippen LogP contribution is 2.20. The lowest BCUT2D eigenvalue weighted by molar-refractivity contribution is 0.0744. The van der Waals surface area contributed by atoms with Crippen molar-refractivity contribution in [2.75, 3.05) is 33.2 Å². The molecule has 7 nitrogen and oxygen atoms in total. The molecule has 0 radical (unpaired) electrons. The van der Waals surface area contributed by atoms with Crippen LogP contribution < -0.4 is 10.6 Å². The number of nitrogens with one attached hydrogen (secondary N) is 2. The molecule has 0 amide bonds. The van der Waals surface area contributed by atoms with Crippen LogP contribution in [0.15, 0.2) is 33.8 Å². The van der Waals surface area contributed by atoms with E-state index in [-0.39, 0.29) is 12.6 Å². The highest BCUT2D eigenvalue weighted by molar-refractivity contribution is 6.30. The highest BCUT2D eigenvalue weighted by Gasteiger charge is 2.22. The Labute approximate surface area is 173 Å². The van der Waals surface area contributed by atoms with E-state index in [1.54, 1.807) is 24.1 Å². The van der Waals surface area contributed by atoms with Gasteiger partial charge in [0.1, 0.15) is 0 Å². The number of benzene rings is 1. The molecular weight excluding hydrogens is 402 g/mol. The average molecular weight is 427 g/mol. The van der Waals surface area contributed by atoms with Crippen LogP contribution >= 0.6 is 11.6 Å². The molecule has 158 valence electrons. The van der Waals surface area contributed by atoms with E-state index < -0.39 is 6.43 Å². The summed E-state index contributed by atoms with van der Waals surface area (Å²) in [7, 11) is 1.70. The summed E-state index contributed by atoms with van der Waals surface area (Å²) in [5.41, 5.74) is 0.802. The fraction of sp³-hybridized carbons (Fsp3) is 0.526. The number of aliphatic imine (C=N–C) groups is 1. The minimum atomic E-state index is -2.28. The third kappa shape index (κ3) is 6.64. The molecule has 0 aliphatic carbocycles. The van der Waals surface area contributed by atoms with Crippen LogP contribution in [0.2, 0.25) is 5.02 Å². The van der Waals surface area contributed by atoms with Gasteiger partial charge in [-0.05, 0) is 25.0 Å². The second-order valence-corrected chi connectivity index (χ2v) is 7.32. The number of piperidine rings is 1. The molecule has 10 heteroatoms. The Kier molecular flexibility index (Phi) is 7.76. The zero-order valence-corrected chi connectivity index (χ0v) is 17.0. The fourth-order valence-corrected chi connectivity index (χ4v) is 3.42. The van der Waals surface area contributed by atoms with Gasteiger partial charge in [0.15, 0.2) is 5.96 Å². The first-order chi connectivity index (χ1) is 14.0. The zero-order valence-electron chi connectivity index (χ0n) is 16.2. The molecule has 3 rings (SSSR count). The first kappa shape index (κ1) is 21.4. The Morgan fingerprint density at radius 2 is 2.17 bits per heavy atom. The van der Waals surface area contributed by atoms with Gasteiger partial charge in [-0.2, -0.15) is 4.98 Å². The van der Waals surface area contributed by atoms with Crippen molar-refractivity contribution in [3.8, 4) is 11.4 Å². The van der Waals surface area contributed by atoms with Crippen LogP contribution in [0.25, 0.3) is 11.4 Å². The molecule has 1 aromatic heterocycles. The van der Waals surface area contributed by atoms with Gasteiger partial charge in [-0.15, -0.1) is 0 Å². The maximum Gasteiger partial charge on any atom is 0.251 e. The van der Waals surface area contributed by atoms with E-state index in [2.05, 4.69) is 25.8 Å². The van der Waals surface area contributed by atoms with Crippen LogP contribution in [0.1, 0.15) is 18.7 Å². The van der Waals surface area contributed by atoms with Gasteiger partial charge < -0.3 is 15.2 Å². The number of halogens is 3. The molecule has 1 aromatic carbocycles. The smallest absolute Gasteiger partial charge is 0.251 e. The topological polar surface area (TPSA) is 78.6 Å². The predicted molar refractivity (Wildman–Crippen MR) is 108 cm³/mol. The van der Waals surface area contributed by atoms with Gasteiger partial charge in [0, 0.05) is 49.7 Å². The van der Waals surface area contributed by atoms with Crippen LogP contribution in [0.4, 0.5) is 8.78 Å². The fourth-order valence-electron chi connectivity index (χ4n) is 3.23.